The number of nitrogens with one attached hydrogen (secondary N) is 1. The van der Waals surface area contributed by atoms with Gasteiger partial charge in [-0.05, 0) is 37.2 Å². The maximum absolute atomic E-state index is 13.1. The molecule has 1 amide bonds. The van der Waals surface area contributed by atoms with E-state index in [1.54, 1.807) is 24.3 Å². The first-order valence-corrected chi connectivity index (χ1v) is 10.0. The maximum atomic E-state index is 13.1. The summed E-state index contributed by atoms with van der Waals surface area (Å²) in [4.78, 5) is 25.9. The lowest BCUT2D eigenvalue weighted by atomic mass is 9.89. The fraction of sp³-hybridized carbons (Fsp3) is 0.571. The molecule has 3 rings (SSSR count). The van der Waals surface area contributed by atoms with Crippen molar-refractivity contribution >= 4 is 16.7 Å². The van der Waals surface area contributed by atoms with Gasteiger partial charge < -0.3 is 15.2 Å². The van der Waals surface area contributed by atoms with Crippen LogP contribution < -0.4 is 10.9 Å². The lowest BCUT2D eigenvalue weighted by Gasteiger charge is -2.30. The van der Waals surface area contributed by atoms with Crippen LogP contribution in [-0.2, 0) is 11.3 Å². The SMILES string of the molecule is CC(C)Cn1nc(C(=O)N[C@H](CCO)C2CCOCC2)c2ccccc2c1=O. The first-order chi connectivity index (χ1) is 13.5. The van der Waals surface area contributed by atoms with Crippen molar-refractivity contribution in [3.8, 4) is 0 Å². The summed E-state index contributed by atoms with van der Waals surface area (Å²) in [5, 5.41) is 18.0. The molecule has 1 atom stereocenters. The molecule has 1 fully saturated rings. The van der Waals surface area contributed by atoms with E-state index in [1.165, 1.54) is 4.68 Å². The molecule has 1 aromatic heterocycles. The van der Waals surface area contributed by atoms with E-state index in [9.17, 15) is 14.7 Å². The normalized spacial score (nSPS) is 16.4. The number of hydrogen-bond donors (Lipinski definition) is 2. The van der Waals surface area contributed by atoms with Crippen LogP contribution in [0.2, 0.25) is 0 Å². The fourth-order valence-electron chi connectivity index (χ4n) is 3.79. The van der Waals surface area contributed by atoms with Crippen LogP contribution in [0, 0.1) is 11.8 Å². The second kappa shape index (κ2) is 9.30. The van der Waals surface area contributed by atoms with Crippen molar-refractivity contribution in [3.63, 3.8) is 0 Å². The van der Waals surface area contributed by atoms with Gasteiger partial charge in [0.25, 0.3) is 11.5 Å². The zero-order chi connectivity index (χ0) is 20.1. The van der Waals surface area contributed by atoms with Gasteiger partial charge in [0.1, 0.15) is 0 Å². The molecule has 1 aromatic carbocycles. The average molecular weight is 387 g/mol. The Hall–Kier alpha value is -2.25. The topological polar surface area (TPSA) is 93.5 Å². The first kappa shape index (κ1) is 20.5. The van der Waals surface area contributed by atoms with Crippen LogP contribution in [-0.4, -0.2) is 46.7 Å². The Morgan fingerprint density at radius 2 is 1.96 bits per heavy atom. The largest absolute Gasteiger partial charge is 0.396 e. The Balaban J connectivity index is 1.95. The van der Waals surface area contributed by atoms with Crippen LogP contribution in [0.25, 0.3) is 10.8 Å². The standard InChI is InChI=1S/C21H29N3O4/c1-14(2)13-24-21(27)17-6-4-3-5-16(17)19(23-24)20(26)22-18(7-10-25)15-8-11-28-12-9-15/h3-6,14-15,18,25H,7-13H2,1-2H3,(H,22,26)/t18-/m1/s1. The quantitative estimate of drug-likeness (QED) is 0.758. The smallest absolute Gasteiger partial charge is 0.274 e. The molecular formula is C21H29N3O4. The van der Waals surface area contributed by atoms with E-state index in [4.69, 9.17) is 4.74 Å². The van der Waals surface area contributed by atoms with Gasteiger partial charge in [0, 0.05) is 37.8 Å². The van der Waals surface area contributed by atoms with Crippen LogP contribution in [0.15, 0.2) is 29.1 Å². The molecule has 1 aliphatic heterocycles. The summed E-state index contributed by atoms with van der Waals surface area (Å²) in [6, 6.07) is 6.94. The zero-order valence-electron chi connectivity index (χ0n) is 16.6. The van der Waals surface area contributed by atoms with E-state index in [2.05, 4.69) is 10.4 Å². The second-order valence-electron chi connectivity index (χ2n) is 7.82. The highest BCUT2D eigenvalue weighted by molar-refractivity contribution is 6.04. The molecule has 1 saturated heterocycles. The predicted octanol–water partition coefficient (Wildman–Crippen LogP) is 1.96. The second-order valence-corrected chi connectivity index (χ2v) is 7.82. The van der Waals surface area contributed by atoms with Crippen LogP contribution in [0.4, 0.5) is 0 Å². The molecular weight excluding hydrogens is 358 g/mol. The third-order valence-corrected chi connectivity index (χ3v) is 5.21. The lowest BCUT2D eigenvalue weighted by Crippen LogP contribution is -2.44. The minimum absolute atomic E-state index is 0.00330. The van der Waals surface area contributed by atoms with E-state index in [0.717, 1.165) is 12.8 Å². The summed E-state index contributed by atoms with van der Waals surface area (Å²) in [5.74, 6) is 0.183. The third kappa shape index (κ3) is 4.59. The summed E-state index contributed by atoms with van der Waals surface area (Å²) in [7, 11) is 0. The zero-order valence-corrected chi connectivity index (χ0v) is 16.6. The highest BCUT2D eigenvalue weighted by Crippen LogP contribution is 2.22. The summed E-state index contributed by atoms with van der Waals surface area (Å²) >= 11 is 0. The molecule has 0 unspecified atom stereocenters. The van der Waals surface area contributed by atoms with Crippen LogP contribution in [0.1, 0.15) is 43.6 Å². The van der Waals surface area contributed by atoms with Gasteiger partial charge in [0.15, 0.2) is 5.69 Å². The summed E-state index contributed by atoms with van der Waals surface area (Å²) in [6.45, 7) is 5.80. The Morgan fingerprint density at radius 3 is 2.61 bits per heavy atom. The molecule has 0 aliphatic carbocycles. The highest BCUT2D eigenvalue weighted by Gasteiger charge is 2.27. The third-order valence-electron chi connectivity index (χ3n) is 5.21. The molecule has 2 heterocycles. The number of carbonyl (C=O) groups excluding carboxylic acids is 1. The van der Waals surface area contributed by atoms with Gasteiger partial charge in [-0.3, -0.25) is 9.59 Å². The Kier molecular flexibility index (Phi) is 6.80. The molecule has 2 aromatic rings. The number of carbonyl (C=O) groups is 1. The molecule has 0 saturated carbocycles. The molecule has 0 bridgehead atoms. The number of aliphatic hydroxyl groups is 1. The van der Waals surface area contributed by atoms with Crippen molar-refractivity contribution in [1.82, 2.24) is 15.1 Å². The van der Waals surface area contributed by atoms with Gasteiger partial charge in [0.05, 0.1) is 5.39 Å². The number of amides is 1. The van der Waals surface area contributed by atoms with Gasteiger partial charge in [0.2, 0.25) is 0 Å². The predicted molar refractivity (Wildman–Crippen MR) is 107 cm³/mol. The Morgan fingerprint density at radius 1 is 1.29 bits per heavy atom. The van der Waals surface area contributed by atoms with Crippen molar-refractivity contribution in [3.05, 3.63) is 40.3 Å². The number of fused-ring (bicyclic) bond motifs is 1. The summed E-state index contributed by atoms with van der Waals surface area (Å²) in [5.41, 5.74) is 0.0723. The minimum atomic E-state index is -0.307. The average Bonchev–Trinajstić information content (AvgIpc) is 2.70. The van der Waals surface area contributed by atoms with Crippen LogP contribution in [0.5, 0.6) is 0 Å². The molecule has 1 aliphatic rings. The molecule has 0 radical (unpaired) electrons. The number of nitrogens with zero attached hydrogens (tertiary/aromatic N) is 2. The van der Waals surface area contributed by atoms with Crippen molar-refractivity contribution < 1.29 is 14.6 Å². The van der Waals surface area contributed by atoms with Gasteiger partial charge in [-0.2, -0.15) is 5.10 Å². The maximum Gasteiger partial charge on any atom is 0.274 e. The van der Waals surface area contributed by atoms with Crippen molar-refractivity contribution in [2.24, 2.45) is 11.8 Å². The summed E-state index contributed by atoms with van der Waals surface area (Å²) < 4.78 is 6.80. The van der Waals surface area contributed by atoms with E-state index in [0.29, 0.717) is 37.0 Å². The first-order valence-electron chi connectivity index (χ1n) is 10.0. The van der Waals surface area contributed by atoms with E-state index < -0.39 is 0 Å². The molecule has 7 nitrogen and oxygen atoms in total. The molecule has 7 heteroatoms. The number of aliphatic hydroxyl groups excluding tert-OH is 1. The Labute approximate surface area is 164 Å². The van der Waals surface area contributed by atoms with Gasteiger partial charge in [-0.1, -0.05) is 32.0 Å². The van der Waals surface area contributed by atoms with E-state index >= 15 is 0 Å². The van der Waals surface area contributed by atoms with Crippen molar-refractivity contribution in [1.29, 1.82) is 0 Å². The highest BCUT2D eigenvalue weighted by atomic mass is 16.5. The van der Waals surface area contributed by atoms with Gasteiger partial charge >= 0.3 is 0 Å². The molecule has 0 spiro atoms. The summed E-state index contributed by atoms with van der Waals surface area (Å²) in [6.07, 6.45) is 2.19. The Bertz CT molecular complexity index is 872. The molecule has 28 heavy (non-hydrogen) atoms. The van der Waals surface area contributed by atoms with Crippen LogP contribution in [0.3, 0.4) is 0 Å². The van der Waals surface area contributed by atoms with E-state index in [1.807, 2.05) is 13.8 Å². The van der Waals surface area contributed by atoms with Gasteiger partial charge in [-0.15, -0.1) is 0 Å². The van der Waals surface area contributed by atoms with Gasteiger partial charge in [-0.25, -0.2) is 4.68 Å². The molecule has 2 N–H and O–H groups in total. The van der Waals surface area contributed by atoms with Crippen molar-refractivity contribution in [2.45, 2.75) is 45.7 Å². The number of hydrogen-bond acceptors (Lipinski definition) is 5. The minimum Gasteiger partial charge on any atom is -0.396 e. The number of benzene rings is 1. The van der Waals surface area contributed by atoms with Crippen molar-refractivity contribution in [2.75, 3.05) is 19.8 Å². The fourth-order valence-corrected chi connectivity index (χ4v) is 3.79. The van der Waals surface area contributed by atoms with Crippen LogP contribution >= 0.6 is 0 Å². The lowest BCUT2D eigenvalue weighted by molar-refractivity contribution is 0.0478. The van der Waals surface area contributed by atoms with E-state index in [-0.39, 0.29) is 41.6 Å². The number of rotatable bonds is 7. The monoisotopic (exact) mass is 387 g/mol. The molecule has 152 valence electrons. The number of aromatic nitrogens is 2. The number of ether oxygens (including phenoxy) is 1.